The molecule has 0 N–H and O–H groups in total. The lowest BCUT2D eigenvalue weighted by atomic mass is 10.2. The lowest BCUT2D eigenvalue weighted by molar-refractivity contribution is -0.137. The molecule has 1 aromatic rings. The van der Waals surface area contributed by atoms with Gasteiger partial charge < -0.3 is 14.4 Å². The number of anilines is 1. The molecule has 0 unspecified atom stereocenters. The first-order valence-electron chi connectivity index (χ1n) is 6.66. The van der Waals surface area contributed by atoms with Gasteiger partial charge in [0.1, 0.15) is 11.6 Å². The van der Waals surface area contributed by atoms with E-state index in [-0.39, 0.29) is 24.7 Å². The van der Waals surface area contributed by atoms with Gasteiger partial charge in [-0.2, -0.15) is 0 Å². The van der Waals surface area contributed by atoms with Gasteiger partial charge in [-0.3, -0.25) is 4.79 Å². The molecule has 0 heterocycles. The van der Waals surface area contributed by atoms with Crippen molar-refractivity contribution in [2.45, 2.75) is 13.8 Å². The summed E-state index contributed by atoms with van der Waals surface area (Å²) in [4.78, 5) is 24.3. The van der Waals surface area contributed by atoms with Gasteiger partial charge in [-0.15, -0.1) is 0 Å². The molecule has 126 valence electrons. The molecule has 0 saturated heterocycles. The maximum Gasteiger partial charge on any atom is 0.330 e. The number of ether oxygens (including phenoxy) is 2. The zero-order chi connectivity index (χ0) is 17.6. The van der Waals surface area contributed by atoms with Crippen molar-refractivity contribution in [2.75, 3.05) is 25.2 Å². The van der Waals surface area contributed by atoms with Crippen molar-refractivity contribution >= 4 is 49.4 Å². The van der Waals surface area contributed by atoms with E-state index in [1.54, 1.807) is 6.92 Å². The number of amides is 1. The minimum Gasteiger partial charge on any atom is -0.494 e. The van der Waals surface area contributed by atoms with E-state index in [2.05, 4.69) is 31.9 Å². The summed E-state index contributed by atoms with van der Waals surface area (Å²) in [6, 6.07) is 1.21. The summed E-state index contributed by atoms with van der Waals surface area (Å²) in [5.41, 5.74) is 0.0334. The van der Waals surface area contributed by atoms with Crippen LogP contribution >= 0.6 is 31.9 Å². The lowest BCUT2D eigenvalue weighted by Gasteiger charge is -2.23. The minimum absolute atomic E-state index is 0.00839. The van der Waals surface area contributed by atoms with Crippen LogP contribution in [-0.2, 0) is 14.3 Å². The van der Waals surface area contributed by atoms with Crippen molar-refractivity contribution in [3.8, 4) is 5.75 Å². The van der Waals surface area contributed by atoms with E-state index in [1.807, 2.05) is 0 Å². The lowest BCUT2D eigenvalue weighted by Crippen LogP contribution is -2.30. The second-order valence-electron chi connectivity index (χ2n) is 4.32. The van der Waals surface area contributed by atoms with Crippen molar-refractivity contribution in [1.29, 1.82) is 0 Å². The molecule has 1 aromatic carbocycles. The Kier molecular flexibility index (Phi) is 7.70. The Labute approximate surface area is 150 Å². The predicted octanol–water partition coefficient (Wildman–Crippen LogP) is 3.83. The first kappa shape index (κ1) is 19.6. The van der Waals surface area contributed by atoms with Crippen molar-refractivity contribution in [3.63, 3.8) is 0 Å². The zero-order valence-corrected chi connectivity index (χ0v) is 16.0. The van der Waals surface area contributed by atoms with Gasteiger partial charge in [-0.25, -0.2) is 9.18 Å². The van der Waals surface area contributed by atoms with E-state index >= 15 is 0 Å². The van der Waals surface area contributed by atoms with Crippen LogP contribution in [0.1, 0.15) is 13.8 Å². The second-order valence-corrected chi connectivity index (χ2v) is 5.97. The van der Waals surface area contributed by atoms with Crippen LogP contribution in [0.15, 0.2) is 27.2 Å². The van der Waals surface area contributed by atoms with E-state index in [9.17, 15) is 14.0 Å². The van der Waals surface area contributed by atoms with Crippen LogP contribution in [0.3, 0.4) is 0 Å². The van der Waals surface area contributed by atoms with E-state index in [0.717, 1.165) is 0 Å². The van der Waals surface area contributed by atoms with Crippen LogP contribution in [0.2, 0.25) is 0 Å². The fourth-order valence-electron chi connectivity index (χ4n) is 1.82. The number of carbonyl (C=O) groups excluding carboxylic acids is 2. The van der Waals surface area contributed by atoms with Crippen LogP contribution in [0.25, 0.3) is 0 Å². The Morgan fingerprint density at radius 3 is 2.57 bits per heavy atom. The van der Waals surface area contributed by atoms with Gasteiger partial charge in [0.15, 0.2) is 0 Å². The third-order valence-corrected chi connectivity index (χ3v) is 4.11. The van der Waals surface area contributed by atoms with Crippen LogP contribution in [0.4, 0.5) is 10.1 Å². The number of esters is 1. The van der Waals surface area contributed by atoms with Crippen LogP contribution in [0, 0.1) is 5.82 Å². The SMILES string of the molecule is CCOC(=O)/C=C/CN(C(C)=O)c1c(F)cc(Br)c(OC)c1Br. The number of benzene rings is 1. The molecule has 0 fully saturated rings. The monoisotopic (exact) mass is 451 g/mol. The molecule has 0 spiro atoms. The first-order valence-corrected chi connectivity index (χ1v) is 8.24. The molecule has 0 atom stereocenters. The third kappa shape index (κ3) is 5.04. The average Bonchev–Trinajstić information content (AvgIpc) is 2.45. The number of nitrogens with zero attached hydrogens (tertiary/aromatic N) is 1. The average molecular weight is 453 g/mol. The maximum atomic E-state index is 14.3. The summed E-state index contributed by atoms with van der Waals surface area (Å²) < 4.78 is 25.0. The Hall–Kier alpha value is -1.41. The molecule has 0 radical (unpaired) electrons. The minimum atomic E-state index is -0.607. The molecule has 0 bridgehead atoms. The Bertz CT molecular complexity index is 634. The topological polar surface area (TPSA) is 55.8 Å². The fraction of sp³-hybridized carbons (Fsp3) is 0.333. The molecule has 1 rings (SSSR count). The molecular formula is C15H16Br2FNO4. The van der Waals surface area contributed by atoms with Crippen molar-refractivity contribution in [1.82, 2.24) is 0 Å². The molecule has 0 aliphatic heterocycles. The van der Waals surface area contributed by atoms with Crippen LogP contribution in [-0.4, -0.2) is 32.1 Å². The van der Waals surface area contributed by atoms with Gasteiger partial charge in [-0.1, -0.05) is 6.08 Å². The molecule has 5 nitrogen and oxygen atoms in total. The smallest absolute Gasteiger partial charge is 0.330 e. The van der Waals surface area contributed by atoms with Crippen LogP contribution in [0.5, 0.6) is 5.75 Å². The fourth-order valence-corrected chi connectivity index (χ4v) is 3.42. The Morgan fingerprint density at radius 1 is 1.39 bits per heavy atom. The van der Waals surface area contributed by atoms with Crippen molar-refractivity contribution < 1.29 is 23.5 Å². The predicted molar refractivity (Wildman–Crippen MR) is 92.2 cm³/mol. The van der Waals surface area contributed by atoms with Gasteiger partial charge in [0.25, 0.3) is 0 Å². The van der Waals surface area contributed by atoms with Gasteiger partial charge in [0, 0.05) is 19.5 Å². The summed E-state index contributed by atoms with van der Waals surface area (Å²) in [6.45, 7) is 3.25. The Morgan fingerprint density at radius 2 is 2.04 bits per heavy atom. The zero-order valence-electron chi connectivity index (χ0n) is 12.9. The molecule has 0 aliphatic carbocycles. The summed E-state index contributed by atoms with van der Waals surface area (Å²) in [5, 5.41) is 0. The van der Waals surface area contributed by atoms with Gasteiger partial charge in [0.05, 0.1) is 28.3 Å². The molecular weight excluding hydrogens is 437 g/mol. The third-order valence-electron chi connectivity index (χ3n) is 2.79. The van der Waals surface area contributed by atoms with Crippen LogP contribution < -0.4 is 9.64 Å². The number of halogens is 3. The number of hydrogen-bond donors (Lipinski definition) is 0. The summed E-state index contributed by atoms with van der Waals surface area (Å²) in [7, 11) is 1.44. The number of carbonyl (C=O) groups is 2. The highest BCUT2D eigenvalue weighted by atomic mass is 79.9. The normalized spacial score (nSPS) is 10.7. The van der Waals surface area contributed by atoms with E-state index in [0.29, 0.717) is 14.7 Å². The highest BCUT2D eigenvalue weighted by Gasteiger charge is 2.23. The van der Waals surface area contributed by atoms with E-state index in [4.69, 9.17) is 9.47 Å². The Balaban J connectivity index is 3.17. The number of rotatable bonds is 6. The standard InChI is InChI=1S/C15H16Br2FNO4/c1-4-23-12(21)6-5-7-19(9(2)20)14-11(18)8-10(16)15(22-3)13(14)17/h5-6,8H,4,7H2,1-3H3/b6-5+. The highest BCUT2D eigenvalue weighted by Crippen LogP contribution is 2.42. The second kappa shape index (κ2) is 9.02. The highest BCUT2D eigenvalue weighted by molar-refractivity contribution is 9.11. The quantitative estimate of drug-likeness (QED) is 0.486. The van der Waals surface area contributed by atoms with Crippen molar-refractivity contribution in [3.05, 3.63) is 33.0 Å². The molecule has 0 aromatic heterocycles. The van der Waals surface area contributed by atoms with Gasteiger partial charge in [0.2, 0.25) is 5.91 Å². The summed E-state index contributed by atoms with van der Waals surface area (Å²) >= 11 is 6.45. The molecule has 0 aliphatic rings. The molecule has 1 amide bonds. The molecule has 23 heavy (non-hydrogen) atoms. The van der Waals surface area contributed by atoms with E-state index in [1.165, 1.54) is 37.2 Å². The van der Waals surface area contributed by atoms with Gasteiger partial charge >= 0.3 is 5.97 Å². The summed E-state index contributed by atoms with van der Waals surface area (Å²) in [6.07, 6.45) is 2.63. The molecule has 8 heteroatoms. The largest absolute Gasteiger partial charge is 0.494 e. The molecule has 0 saturated carbocycles. The number of hydrogen-bond acceptors (Lipinski definition) is 4. The number of methoxy groups -OCH3 is 1. The first-order chi connectivity index (χ1) is 10.8. The maximum absolute atomic E-state index is 14.3. The van der Waals surface area contributed by atoms with Gasteiger partial charge in [-0.05, 0) is 44.8 Å². The van der Waals surface area contributed by atoms with Crippen molar-refractivity contribution in [2.24, 2.45) is 0 Å². The van der Waals surface area contributed by atoms with E-state index < -0.39 is 11.8 Å². The summed E-state index contributed by atoms with van der Waals surface area (Å²) in [5.74, 6) is -1.15.